The van der Waals surface area contributed by atoms with Crippen LogP contribution in [0.5, 0.6) is 0 Å². The number of carboxylic acid groups (broad SMARTS) is 1. The molecule has 3 amide bonds. The molecule has 168 valence electrons. The van der Waals surface area contributed by atoms with Crippen molar-refractivity contribution in [1.82, 2.24) is 10.3 Å². The van der Waals surface area contributed by atoms with E-state index < -0.39 is 40.7 Å². The van der Waals surface area contributed by atoms with Gasteiger partial charge in [0.15, 0.2) is 0 Å². The number of carbonyl (C=O) groups is 4. The highest BCUT2D eigenvalue weighted by atomic mass is 16.6. The second kappa shape index (κ2) is 7.88. The van der Waals surface area contributed by atoms with Gasteiger partial charge in [0.05, 0.1) is 5.71 Å². The molecule has 1 saturated carbocycles. The lowest BCUT2D eigenvalue weighted by molar-refractivity contribution is -0.149. The number of fused-ring (bicyclic) bond motifs is 1. The van der Waals surface area contributed by atoms with Crippen LogP contribution in [0.15, 0.2) is 5.10 Å². The van der Waals surface area contributed by atoms with Gasteiger partial charge in [0.2, 0.25) is 5.54 Å². The molecule has 4 N–H and O–H groups in total. The zero-order chi connectivity index (χ0) is 23.1. The zero-order valence-electron chi connectivity index (χ0n) is 18.4. The Hall–Kier alpha value is -2.65. The SMILES string of the molecule is CC(C)C[C@@](C=O)(NC(=O)OC(C)(C)C)[C@H]1C2=NN(C(N)=O)[C@@]2(C(=O)O)CCC1C. The van der Waals surface area contributed by atoms with E-state index in [1.54, 1.807) is 20.8 Å². The number of nitrogens with one attached hydrogen (secondary N) is 1. The molecule has 4 atom stereocenters. The zero-order valence-corrected chi connectivity index (χ0v) is 18.4. The molecule has 10 heteroatoms. The molecule has 1 unspecified atom stereocenters. The number of primary amides is 1. The average Bonchev–Trinajstić information content (AvgIpc) is 2.53. The molecule has 0 bridgehead atoms. The number of carbonyl (C=O) groups excluding carboxylic acids is 3. The largest absolute Gasteiger partial charge is 0.479 e. The third-order valence-corrected chi connectivity index (χ3v) is 5.63. The summed E-state index contributed by atoms with van der Waals surface area (Å²) in [6, 6.07) is -0.977. The van der Waals surface area contributed by atoms with E-state index in [9.17, 15) is 24.3 Å². The van der Waals surface area contributed by atoms with Crippen LogP contribution in [-0.2, 0) is 14.3 Å². The number of carboxylic acids is 1. The minimum atomic E-state index is -1.70. The van der Waals surface area contributed by atoms with Crippen LogP contribution in [0.3, 0.4) is 0 Å². The highest BCUT2D eigenvalue weighted by Crippen LogP contribution is 2.48. The summed E-state index contributed by atoms with van der Waals surface area (Å²) in [6.07, 6.45) is 0.649. The normalized spacial score (nSPS) is 27.8. The van der Waals surface area contributed by atoms with Crippen molar-refractivity contribution in [2.75, 3.05) is 0 Å². The van der Waals surface area contributed by atoms with Gasteiger partial charge in [-0.2, -0.15) is 10.1 Å². The topological polar surface area (TPSA) is 151 Å². The van der Waals surface area contributed by atoms with Crippen molar-refractivity contribution >= 4 is 30.1 Å². The number of hydrogen-bond donors (Lipinski definition) is 3. The van der Waals surface area contributed by atoms with Crippen molar-refractivity contribution in [2.45, 2.75) is 77.5 Å². The smallest absolute Gasteiger partial charge is 0.408 e. The highest BCUT2D eigenvalue weighted by Gasteiger charge is 2.66. The van der Waals surface area contributed by atoms with Gasteiger partial charge in [-0.1, -0.05) is 20.8 Å². The summed E-state index contributed by atoms with van der Waals surface area (Å²) in [5, 5.41) is 17.6. The van der Waals surface area contributed by atoms with E-state index in [4.69, 9.17) is 10.5 Å². The van der Waals surface area contributed by atoms with E-state index in [1.807, 2.05) is 20.8 Å². The molecule has 30 heavy (non-hydrogen) atoms. The average molecular weight is 424 g/mol. The van der Waals surface area contributed by atoms with E-state index in [0.717, 1.165) is 5.01 Å². The summed E-state index contributed by atoms with van der Waals surface area (Å²) < 4.78 is 5.37. The Labute approximate surface area is 176 Å². The minimum absolute atomic E-state index is 0.00795. The Kier molecular flexibility index (Phi) is 6.21. The van der Waals surface area contributed by atoms with E-state index in [-0.39, 0.29) is 30.4 Å². The molecular formula is C20H32N4O6. The van der Waals surface area contributed by atoms with Gasteiger partial charge in [0, 0.05) is 5.92 Å². The lowest BCUT2D eigenvalue weighted by Gasteiger charge is -2.55. The summed E-state index contributed by atoms with van der Waals surface area (Å²) in [5.41, 5.74) is 1.58. The van der Waals surface area contributed by atoms with Crippen LogP contribution in [0.2, 0.25) is 0 Å². The van der Waals surface area contributed by atoms with Gasteiger partial charge in [-0.3, -0.25) is 0 Å². The number of amides is 3. The number of aldehydes is 1. The molecule has 1 fully saturated rings. The van der Waals surface area contributed by atoms with Gasteiger partial charge in [-0.15, -0.1) is 0 Å². The summed E-state index contributed by atoms with van der Waals surface area (Å²) in [5.74, 6) is -2.17. The van der Waals surface area contributed by atoms with Crippen LogP contribution >= 0.6 is 0 Å². The molecule has 0 radical (unpaired) electrons. The van der Waals surface area contributed by atoms with Crippen molar-refractivity contribution < 1.29 is 29.0 Å². The van der Waals surface area contributed by atoms with Crippen LogP contribution < -0.4 is 11.1 Å². The molecule has 0 saturated heterocycles. The van der Waals surface area contributed by atoms with Gasteiger partial charge < -0.3 is 25.7 Å². The lowest BCUT2D eigenvalue weighted by atomic mass is 9.59. The lowest BCUT2D eigenvalue weighted by Crippen LogP contribution is -2.76. The number of rotatable bonds is 6. The Balaban J connectivity index is 2.57. The molecule has 1 aliphatic heterocycles. The molecular weight excluding hydrogens is 392 g/mol. The van der Waals surface area contributed by atoms with Crippen LogP contribution in [0.25, 0.3) is 0 Å². The maximum atomic E-state index is 12.6. The summed E-state index contributed by atoms with van der Waals surface area (Å²) >= 11 is 0. The number of aliphatic carboxylic acids is 1. The minimum Gasteiger partial charge on any atom is -0.479 e. The standard InChI is InChI=1S/C20H32N4O6/c1-11(2)9-19(10-25,22-17(29)30-18(4,5)6)13-12(3)7-8-20(15(26)27)14(13)23-24(20)16(21)28/h10-13H,7-9H2,1-6H3,(H2,21,28)(H,22,29)(H,26,27)/t12?,13-,19+,20+/m1/s1. The van der Waals surface area contributed by atoms with Crippen LogP contribution in [0.4, 0.5) is 9.59 Å². The van der Waals surface area contributed by atoms with Crippen molar-refractivity contribution in [3.63, 3.8) is 0 Å². The van der Waals surface area contributed by atoms with Crippen LogP contribution in [0.1, 0.15) is 60.8 Å². The van der Waals surface area contributed by atoms with E-state index in [0.29, 0.717) is 12.7 Å². The number of hydrazone groups is 1. The van der Waals surface area contributed by atoms with E-state index >= 15 is 0 Å². The molecule has 1 heterocycles. The van der Waals surface area contributed by atoms with Gasteiger partial charge in [-0.25, -0.2) is 14.4 Å². The quantitative estimate of drug-likeness (QED) is 0.555. The van der Waals surface area contributed by atoms with Crippen molar-refractivity contribution in [3.8, 4) is 0 Å². The fourth-order valence-corrected chi connectivity index (χ4v) is 4.64. The number of alkyl carbamates (subject to hydrolysis) is 1. The Morgan fingerprint density at radius 1 is 1.40 bits per heavy atom. The van der Waals surface area contributed by atoms with Gasteiger partial charge >= 0.3 is 18.1 Å². The van der Waals surface area contributed by atoms with Gasteiger partial charge in [0.1, 0.15) is 17.4 Å². The third kappa shape index (κ3) is 3.99. The molecule has 2 rings (SSSR count). The number of nitrogens with two attached hydrogens (primary N) is 1. The van der Waals surface area contributed by atoms with Crippen molar-refractivity contribution in [1.29, 1.82) is 0 Å². The maximum Gasteiger partial charge on any atom is 0.408 e. The first kappa shape index (κ1) is 23.6. The molecule has 0 aromatic carbocycles. The third-order valence-electron chi connectivity index (χ3n) is 5.63. The first-order valence-corrected chi connectivity index (χ1v) is 10.1. The molecule has 0 aromatic rings. The van der Waals surface area contributed by atoms with Crippen LogP contribution in [0, 0.1) is 17.8 Å². The van der Waals surface area contributed by atoms with Crippen molar-refractivity contribution in [2.24, 2.45) is 28.6 Å². The first-order chi connectivity index (χ1) is 13.7. The fourth-order valence-electron chi connectivity index (χ4n) is 4.64. The second-order valence-electron chi connectivity index (χ2n) is 9.68. The van der Waals surface area contributed by atoms with Gasteiger partial charge in [0.25, 0.3) is 0 Å². The van der Waals surface area contributed by atoms with E-state index in [1.165, 1.54) is 0 Å². The predicted molar refractivity (Wildman–Crippen MR) is 109 cm³/mol. The highest BCUT2D eigenvalue weighted by molar-refractivity contribution is 6.19. The molecule has 2 aliphatic rings. The molecule has 10 nitrogen and oxygen atoms in total. The van der Waals surface area contributed by atoms with Crippen LogP contribution in [-0.4, -0.2) is 56.9 Å². The van der Waals surface area contributed by atoms with E-state index in [2.05, 4.69) is 10.4 Å². The molecule has 1 aliphatic carbocycles. The number of urea groups is 1. The molecule has 0 aromatic heterocycles. The monoisotopic (exact) mass is 424 g/mol. The fraction of sp³-hybridized carbons (Fsp3) is 0.750. The van der Waals surface area contributed by atoms with Crippen molar-refractivity contribution in [3.05, 3.63) is 0 Å². The second-order valence-corrected chi connectivity index (χ2v) is 9.68. The summed E-state index contributed by atoms with van der Waals surface area (Å²) in [6.45, 7) is 10.8. The number of nitrogens with zero attached hydrogens (tertiary/aromatic N) is 2. The maximum absolute atomic E-state index is 12.6. The molecule has 0 spiro atoms. The number of hydrogen-bond acceptors (Lipinski definition) is 6. The Morgan fingerprint density at radius 3 is 2.43 bits per heavy atom. The Morgan fingerprint density at radius 2 is 2.00 bits per heavy atom. The Bertz CT molecular complexity index is 774. The number of ether oxygens (including phenoxy) is 1. The van der Waals surface area contributed by atoms with Gasteiger partial charge in [-0.05, 0) is 51.9 Å². The summed E-state index contributed by atoms with van der Waals surface area (Å²) in [7, 11) is 0. The summed E-state index contributed by atoms with van der Waals surface area (Å²) in [4.78, 5) is 49.1. The first-order valence-electron chi connectivity index (χ1n) is 10.1. The predicted octanol–water partition coefficient (Wildman–Crippen LogP) is 2.11.